The van der Waals surface area contributed by atoms with Gasteiger partial charge in [0.25, 0.3) is 0 Å². The molecular weight excluding hydrogens is 280 g/mol. The first-order chi connectivity index (χ1) is 10.3. The Morgan fingerprint density at radius 3 is 2.00 bits per heavy atom. The fourth-order valence-corrected chi connectivity index (χ4v) is 3.54. The van der Waals surface area contributed by atoms with Gasteiger partial charge >= 0.3 is 0 Å². The van der Waals surface area contributed by atoms with Gasteiger partial charge in [0, 0.05) is 32.1 Å². The van der Waals surface area contributed by atoms with E-state index in [1.807, 2.05) is 18.7 Å². The number of rotatable bonds is 3. The second-order valence-corrected chi connectivity index (χ2v) is 7.06. The molecule has 0 unspecified atom stereocenters. The molecule has 0 saturated carbocycles. The summed E-state index contributed by atoms with van der Waals surface area (Å²) in [5.41, 5.74) is -0.661. The third kappa shape index (κ3) is 3.88. The molecule has 2 amide bonds. The summed E-state index contributed by atoms with van der Waals surface area (Å²) in [6.07, 6.45) is 4.54. The molecular formula is C17H28N2O3. The van der Waals surface area contributed by atoms with E-state index in [1.54, 1.807) is 4.90 Å². The number of piperidine rings is 2. The highest BCUT2D eigenvalue weighted by atomic mass is 16.3. The normalized spacial score (nSPS) is 21.8. The number of hydrogen-bond acceptors (Lipinski definition) is 3. The van der Waals surface area contributed by atoms with Gasteiger partial charge in [0.1, 0.15) is 0 Å². The van der Waals surface area contributed by atoms with Crippen LogP contribution >= 0.6 is 0 Å². The average molecular weight is 308 g/mol. The summed E-state index contributed by atoms with van der Waals surface area (Å²) >= 11 is 0. The predicted molar refractivity (Wildman–Crippen MR) is 85.1 cm³/mol. The standard InChI is InChI=1S/C17H28N2O3/c1-4-15(20)18-9-5-13(6-10-18)16(21)19-11-7-14(8-12-19)17(2,3)22/h4,13-14,22H,1,5-12H2,2-3H3. The Morgan fingerprint density at radius 1 is 1.05 bits per heavy atom. The molecule has 2 aliphatic heterocycles. The summed E-state index contributed by atoms with van der Waals surface area (Å²) in [5.74, 6) is 0.480. The number of carbonyl (C=O) groups excluding carboxylic acids is 2. The van der Waals surface area contributed by atoms with Crippen molar-refractivity contribution >= 4 is 11.8 Å². The lowest BCUT2D eigenvalue weighted by molar-refractivity contribution is -0.141. The van der Waals surface area contributed by atoms with E-state index >= 15 is 0 Å². The van der Waals surface area contributed by atoms with E-state index in [1.165, 1.54) is 6.08 Å². The molecule has 0 radical (unpaired) electrons. The Bertz CT molecular complexity index is 426. The van der Waals surface area contributed by atoms with Crippen LogP contribution in [0.5, 0.6) is 0 Å². The predicted octanol–water partition coefficient (Wildman–Crippen LogP) is 1.42. The minimum Gasteiger partial charge on any atom is -0.390 e. The molecule has 22 heavy (non-hydrogen) atoms. The van der Waals surface area contributed by atoms with E-state index in [9.17, 15) is 14.7 Å². The fraction of sp³-hybridized carbons (Fsp3) is 0.765. The quantitative estimate of drug-likeness (QED) is 0.802. The van der Waals surface area contributed by atoms with Crippen molar-refractivity contribution in [1.82, 2.24) is 9.80 Å². The van der Waals surface area contributed by atoms with E-state index in [0.29, 0.717) is 13.1 Å². The number of amides is 2. The van der Waals surface area contributed by atoms with Crippen molar-refractivity contribution in [2.45, 2.75) is 45.1 Å². The molecule has 2 fully saturated rings. The largest absolute Gasteiger partial charge is 0.390 e. The first-order valence-corrected chi connectivity index (χ1v) is 8.25. The zero-order chi connectivity index (χ0) is 16.3. The second kappa shape index (κ2) is 6.82. The van der Waals surface area contributed by atoms with E-state index < -0.39 is 5.60 Å². The Morgan fingerprint density at radius 2 is 1.55 bits per heavy atom. The van der Waals surface area contributed by atoms with Gasteiger partial charge in [-0.1, -0.05) is 6.58 Å². The zero-order valence-electron chi connectivity index (χ0n) is 13.8. The van der Waals surface area contributed by atoms with Gasteiger partial charge < -0.3 is 14.9 Å². The lowest BCUT2D eigenvalue weighted by Gasteiger charge is -2.40. The van der Waals surface area contributed by atoms with Crippen molar-refractivity contribution in [1.29, 1.82) is 0 Å². The van der Waals surface area contributed by atoms with Gasteiger partial charge in [0.15, 0.2) is 0 Å². The van der Waals surface area contributed by atoms with Gasteiger partial charge in [0.05, 0.1) is 5.60 Å². The van der Waals surface area contributed by atoms with Gasteiger partial charge in [0.2, 0.25) is 11.8 Å². The zero-order valence-corrected chi connectivity index (χ0v) is 13.8. The molecule has 1 N–H and O–H groups in total. The molecule has 0 aromatic carbocycles. The molecule has 0 aliphatic carbocycles. The van der Waals surface area contributed by atoms with E-state index in [0.717, 1.165) is 38.8 Å². The van der Waals surface area contributed by atoms with Gasteiger partial charge in [-0.15, -0.1) is 0 Å². The molecule has 0 atom stereocenters. The number of hydrogen-bond donors (Lipinski definition) is 1. The maximum atomic E-state index is 12.6. The van der Waals surface area contributed by atoms with Gasteiger partial charge in [-0.25, -0.2) is 0 Å². The van der Waals surface area contributed by atoms with Crippen LogP contribution in [-0.4, -0.2) is 58.5 Å². The van der Waals surface area contributed by atoms with Crippen molar-refractivity contribution in [3.8, 4) is 0 Å². The highest BCUT2D eigenvalue weighted by molar-refractivity contribution is 5.87. The number of aliphatic hydroxyl groups is 1. The van der Waals surface area contributed by atoms with Crippen LogP contribution in [0.25, 0.3) is 0 Å². The van der Waals surface area contributed by atoms with Gasteiger partial charge in [-0.2, -0.15) is 0 Å². The lowest BCUT2D eigenvalue weighted by atomic mass is 9.82. The molecule has 0 aromatic rings. The fourth-order valence-electron chi connectivity index (χ4n) is 3.54. The van der Waals surface area contributed by atoms with E-state index in [4.69, 9.17) is 0 Å². The first kappa shape index (κ1) is 17.0. The molecule has 2 heterocycles. The maximum Gasteiger partial charge on any atom is 0.245 e. The van der Waals surface area contributed by atoms with Crippen LogP contribution in [0.3, 0.4) is 0 Å². The smallest absolute Gasteiger partial charge is 0.245 e. The minimum absolute atomic E-state index is 0.0348. The van der Waals surface area contributed by atoms with Crippen molar-refractivity contribution < 1.29 is 14.7 Å². The van der Waals surface area contributed by atoms with Crippen molar-refractivity contribution in [3.05, 3.63) is 12.7 Å². The Kier molecular flexibility index (Phi) is 5.27. The molecule has 2 saturated heterocycles. The molecule has 2 aliphatic rings. The monoisotopic (exact) mass is 308 g/mol. The molecule has 0 aromatic heterocycles. The third-order valence-corrected chi connectivity index (χ3v) is 5.14. The topological polar surface area (TPSA) is 60.9 Å². The third-order valence-electron chi connectivity index (χ3n) is 5.14. The van der Waals surface area contributed by atoms with Gasteiger partial charge in [-0.05, 0) is 51.5 Å². The van der Waals surface area contributed by atoms with Crippen LogP contribution in [0.4, 0.5) is 0 Å². The SMILES string of the molecule is C=CC(=O)N1CCC(C(=O)N2CCC(C(C)(C)O)CC2)CC1. The van der Waals surface area contributed by atoms with Crippen LogP contribution in [0.1, 0.15) is 39.5 Å². The molecule has 124 valence electrons. The lowest BCUT2D eigenvalue weighted by Crippen LogP contribution is -2.48. The highest BCUT2D eigenvalue weighted by Crippen LogP contribution is 2.29. The van der Waals surface area contributed by atoms with Crippen molar-refractivity contribution in [2.75, 3.05) is 26.2 Å². The Labute approximate surface area is 133 Å². The summed E-state index contributed by atoms with van der Waals surface area (Å²) in [4.78, 5) is 27.9. The number of likely N-dealkylation sites (tertiary alicyclic amines) is 2. The molecule has 0 spiro atoms. The van der Waals surface area contributed by atoms with E-state index in [-0.39, 0.29) is 23.7 Å². The van der Waals surface area contributed by atoms with Crippen LogP contribution < -0.4 is 0 Å². The Hall–Kier alpha value is -1.36. The molecule has 5 heteroatoms. The molecule has 2 rings (SSSR count). The Balaban J connectivity index is 1.82. The van der Waals surface area contributed by atoms with Crippen LogP contribution in [-0.2, 0) is 9.59 Å². The van der Waals surface area contributed by atoms with Crippen LogP contribution in [0, 0.1) is 11.8 Å². The number of carbonyl (C=O) groups is 2. The maximum absolute atomic E-state index is 12.6. The van der Waals surface area contributed by atoms with Crippen molar-refractivity contribution in [3.63, 3.8) is 0 Å². The van der Waals surface area contributed by atoms with Crippen LogP contribution in [0.2, 0.25) is 0 Å². The molecule has 5 nitrogen and oxygen atoms in total. The summed E-state index contributed by atoms with van der Waals surface area (Å²) in [5, 5.41) is 10.1. The van der Waals surface area contributed by atoms with E-state index in [2.05, 4.69) is 6.58 Å². The van der Waals surface area contributed by atoms with Gasteiger partial charge in [-0.3, -0.25) is 9.59 Å². The second-order valence-electron chi connectivity index (χ2n) is 7.06. The summed E-state index contributed by atoms with van der Waals surface area (Å²) in [7, 11) is 0. The number of nitrogens with zero attached hydrogens (tertiary/aromatic N) is 2. The summed E-state index contributed by atoms with van der Waals surface area (Å²) in [6.45, 7) is 9.95. The minimum atomic E-state index is -0.661. The van der Waals surface area contributed by atoms with Crippen molar-refractivity contribution in [2.24, 2.45) is 11.8 Å². The average Bonchev–Trinajstić information content (AvgIpc) is 2.53. The summed E-state index contributed by atoms with van der Waals surface area (Å²) in [6, 6.07) is 0. The first-order valence-electron chi connectivity index (χ1n) is 8.25. The molecule has 0 bridgehead atoms. The highest BCUT2D eigenvalue weighted by Gasteiger charge is 2.35. The summed E-state index contributed by atoms with van der Waals surface area (Å²) < 4.78 is 0. The van der Waals surface area contributed by atoms with Crippen LogP contribution in [0.15, 0.2) is 12.7 Å².